The van der Waals surface area contributed by atoms with Gasteiger partial charge in [-0.1, -0.05) is 0 Å². The normalized spacial score (nSPS) is 21.2. The number of fused-ring (bicyclic) bond motifs is 4. The van der Waals surface area contributed by atoms with Crippen molar-refractivity contribution in [2.75, 3.05) is 30.4 Å². The largest absolute Gasteiger partial charge is 0.423 e. The minimum absolute atomic E-state index is 0.207. The van der Waals surface area contributed by atoms with E-state index in [1.54, 1.807) is 38.6 Å². The molecule has 7 rings (SSSR count). The van der Waals surface area contributed by atoms with Gasteiger partial charge in [0, 0.05) is 55.6 Å². The Labute approximate surface area is 205 Å². The molecular weight excluding hydrogens is 463 g/mol. The quantitative estimate of drug-likeness (QED) is 0.380. The Morgan fingerprint density at radius 3 is 2.72 bits per heavy atom. The van der Waals surface area contributed by atoms with Gasteiger partial charge in [-0.15, -0.1) is 10.2 Å². The number of nitrogens with one attached hydrogen (secondary N) is 1. The fraction of sp³-hybridized carbons (Fsp3) is 0.333. The molecule has 0 amide bonds. The molecule has 1 saturated heterocycles. The molecule has 3 aliphatic rings. The van der Waals surface area contributed by atoms with Crippen molar-refractivity contribution in [1.29, 1.82) is 0 Å². The highest BCUT2D eigenvalue weighted by Gasteiger charge is 2.54. The summed E-state index contributed by atoms with van der Waals surface area (Å²) in [6, 6.07) is 5.30. The Morgan fingerprint density at radius 2 is 1.97 bits per heavy atom. The summed E-state index contributed by atoms with van der Waals surface area (Å²) in [5.41, 5.74) is 11.1. The van der Waals surface area contributed by atoms with Crippen molar-refractivity contribution >= 4 is 11.5 Å². The molecule has 3 aromatic heterocycles. The molecule has 3 N–H and O–H groups in total. The topological polar surface area (TPSA) is 133 Å². The predicted molar refractivity (Wildman–Crippen MR) is 129 cm³/mol. The van der Waals surface area contributed by atoms with Crippen LogP contribution in [0.5, 0.6) is 11.8 Å². The minimum Gasteiger partial charge on any atom is -0.423 e. The molecule has 2 atom stereocenters. The van der Waals surface area contributed by atoms with Crippen LogP contribution in [0.15, 0.2) is 30.6 Å². The van der Waals surface area contributed by atoms with Crippen LogP contribution in [-0.2, 0) is 13.5 Å². The van der Waals surface area contributed by atoms with E-state index in [-0.39, 0.29) is 17.9 Å². The Hall–Kier alpha value is -4.19. The average Bonchev–Trinajstić information content (AvgIpc) is 3.33. The molecule has 11 nitrogen and oxygen atoms in total. The van der Waals surface area contributed by atoms with E-state index in [1.165, 1.54) is 10.9 Å². The first-order valence-corrected chi connectivity index (χ1v) is 11.8. The van der Waals surface area contributed by atoms with Crippen LogP contribution in [-0.4, -0.2) is 61.3 Å². The van der Waals surface area contributed by atoms with E-state index in [0.29, 0.717) is 35.4 Å². The van der Waals surface area contributed by atoms with Crippen LogP contribution in [0.25, 0.3) is 22.5 Å². The summed E-state index contributed by atoms with van der Waals surface area (Å²) < 4.78 is 20.6. The number of halogens is 1. The number of hydrogen-bond acceptors (Lipinski definition) is 10. The third-order valence-electron chi connectivity index (χ3n) is 7.29. The van der Waals surface area contributed by atoms with Crippen molar-refractivity contribution < 1.29 is 9.13 Å². The molecule has 0 spiro atoms. The number of aromatic nitrogens is 7. The first kappa shape index (κ1) is 21.1. The van der Waals surface area contributed by atoms with E-state index >= 15 is 0 Å². The number of ether oxygens (including phenoxy) is 1. The van der Waals surface area contributed by atoms with E-state index in [0.717, 1.165) is 47.0 Å². The number of nitrogens with zero attached hydrogens (tertiary/aromatic N) is 8. The number of tetrazole rings is 1. The molecule has 1 saturated carbocycles. The van der Waals surface area contributed by atoms with Crippen LogP contribution < -0.4 is 20.7 Å². The van der Waals surface area contributed by atoms with Crippen molar-refractivity contribution in [3.63, 3.8) is 0 Å². The van der Waals surface area contributed by atoms with Gasteiger partial charge in [-0.3, -0.25) is 4.98 Å². The second kappa shape index (κ2) is 7.65. The standard InChI is InChI=1S/C24H23FN10O/c1-27-18-5-12(25)4-15-14(18)6-19-20(15)23(35-9-16-17(10-35)21(16)26)30-24(29-19)36-13-3-11(7-28-8-13)22-31-33-34(2)32-22/h3-5,7-8,16-17,21,27H,6,9-10,26H2,1-2H3. The number of rotatable bonds is 5. The van der Waals surface area contributed by atoms with Crippen molar-refractivity contribution in [2.45, 2.75) is 12.5 Å². The summed E-state index contributed by atoms with van der Waals surface area (Å²) in [4.78, 5) is 17.4. The monoisotopic (exact) mass is 486 g/mol. The van der Waals surface area contributed by atoms with Crippen LogP contribution in [0, 0.1) is 17.7 Å². The van der Waals surface area contributed by atoms with Gasteiger partial charge in [-0.25, -0.2) is 4.39 Å². The van der Waals surface area contributed by atoms with Crippen LogP contribution in [0.1, 0.15) is 11.3 Å². The van der Waals surface area contributed by atoms with Crippen molar-refractivity contribution in [2.24, 2.45) is 24.6 Å². The van der Waals surface area contributed by atoms with Gasteiger partial charge in [0.2, 0.25) is 5.82 Å². The molecule has 2 aliphatic carbocycles. The molecule has 182 valence electrons. The molecule has 4 aromatic rings. The summed E-state index contributed by atoms with van der Waals surface area (Å²) in [6.07, 6.45) is 3.78. The molecule has 0 bridgehead atoms. The first-order chi connectivity index (χ1) is 17.5. The van der Waals surface area contributed by atoms with Crippen molar-refractivity contribution in [3.8, 4) is 34.3 Å². The number of pyridine rings is 1. The molecule has 1 aliphatic heterocycles. The zero-order valence-electron chi connectivity index (χ0n) is 19.7. The summed E-state index contributed by atoms with van der Waals surface area (Å²) in [5, 5.41) is 15.2. The number of nitrogens with two attached hydrogens (primary N) is 1. The maximum Gasteiger partial charge on any atom is 0.324 e. The molecule has 4 heterocycles. The van der Waals surface area contributed by atoms with Gasteiger partial charge in [0.15, 0.2) is 0 Å². The van der Waals surface area contributed by atoms with E-state index in [1.807, 2.05) is 0 Å². The third-order valence-corrected chi connectivity index (χ3v) is 7.29. The van der Waals surface area contributed by atoms with Crippen LogP contribution in [0.2, 0.25) is 0 Å². The molecule has 2 unspecified atom stereocenters. The number of aryl methyl sites for hydroxylation is 1. The third kappa shape index (κ3) is 3.28. The zero-order chi connectivity index (χ0) is 24.6. The Balaban J connectivity index is 1.29. The molecule has 0 radical (unpaired) electrons. The maximum atomic E-state index is 14.5. The number of benzene rings is 1. The zero-order valence-corrected chi connectivity index (χ0v) is 19.7. The molecule has 1 aromatic carbocycles. The highest BCUT2D eigenvalue weighted by molar-refractivity contribution is 5.88. The van der Waals surface area contributed by atoms with Gasteiger partial charge in [-0.05, 0) is 46.4 Å². The van der Waals surface area contributed by atoms with Gasteiger partial charge in [-0.2, -0.15) is 14.8 Å². The lowest BCUT2D eigenvalue weighted by Crippen LogP contribution is -2.29. The molecule has 36 heavy (non-hydrogen) atoms. The van der Waals surface area contributed by atoms with Gasteiger partial charge >= 0.3 is 6.01 Å². The molecule has 12 heteroatoms. The summed E-state index contributed by atoms with van der Waals surface area (Å²) in [6.45, 7) is 1.63. The lowest BCUT2D eigenvalue weighted by molar-refractivity contribution is 0.438. The highest BCUT2D eigenvalue weighted by Crippen LogP contribution is 2.50. The summed E-state index contributed by atoms with van der Waals surface area (Å²) >= 11 is 0. The number of hydrogen-bond donors (Lipinski definition) is 2. The van der Waals surface area contributed by atoms with E-state index in [2.05, 4.69) is 30.6 Å². The Bertz CT molecular complexity index is 1510. The van der Waals surface area contributed by atoms with Crippen LogP contribution in [0.3, 0.4) is 0 Å². The van der Waals surface area contributed by atoms with Gasteiger partial charge in [0.05, 0.1) is 18.9 Å². The SMILES string of the molecule is CNc1cc(F)cc2c1Cc1nc(Oc3cncc(-c4nnn(C)n4)c3)nc(N3CC4C(N)C4C3)c1-2. The van der Waals surface area contributed by atoms with Gasteiger partial charge < -0.3 is 20.7 Å². The Morgan fingerprint density at radius 1 is 1.14 bits per heavy atom. The highest BCUT2D eigenvalue weighted by atomic mass is 19.1. The molecule has 2 fully saturated rings. The first-order valence-electron chi connectivity index (χ1n) is 11.8. The lowest BCUT2D eigenvalue weighted by Gasteiger charge is -2.23. The van der Waals surface area contributed by atoms with E-state index in [9.17, 15) is 4.39 Å². The average molecular weight is 487 g/mol. The number of anilines is 2. The van der Waals surface area contributed by atoms with Crippen LogP contribution >= 0.6 is 0 Å². The van der Waals surface area contributed by atoms with Crippen molar-refractivity contribution in [1.82, 2.24) is 35.2 Å². The summed E-state index contributed by atoms with van der Waals surface area (Å²) in [5.74, 6) is 2.26. The lowest BCUT2D eigenvalue weighted by atomic mass is 10.0. The van der Waals surface area contributed by atoms with Crippen LogP contribution in [0.4, 0.5) is 15.9 Å². The summed E-state index contributed by atoms with van der Waals surface area (Å²) in [7, 11) is 3.49. The van der Waals surface area contributed by atoms with Crippen molar-refractivity contribution in [3.05, 3.63) is 47.7 Å². The minimum atomic E-state index is -0.302. The second-order valence-electron chi connectivity index (χ2n) is 9.48. The second-order valence-corrected chi connectivity index (χ2v) is 9.48. The van der Waals surface area contributed by atoms with E-state index in [4.69, 9.17) is 20.4 Å². The molecular formula is C24H23FN10O. The fourth-order valence-corrected chi connectivity index (χ4v) is 5.44. The fourth-order valence-electron chi connectivity index (χ4n) is 5.44. The van der Waals surface area contributed by atoms with Gasteiger partial charge in [0.25, 0.3) is 0 Å². The van der Waals surface area contributed by atoms with Gasteiger partial charge in [0.1, 0.15) is 17.4 Å². The number of piperidine rings is 1. The maximum absolute atomic E-state index is 14.5. The Kier molecular flexibility index (Phi) is 4.49. The van der Waals surface area contributed by atoms with E-state index < -0.39 is 0 Å². The smallest absolute Gasteiger partial charge is 0.324 e. The predicted octanol–water partition coefficient (Wildman–Crippen LogP) is 2.00.